The summed E-state index contributed by atoms with van der Waals surface area (Å²) in [5.41, 5.74) is 8.01. The molecular weight excluding hydrogens is 343 g/mol. The summed E-state index contributed by atoms with van der Waals surface area (Å²) in [5, 5.41) is 3.29. The molecule has 0 radical (unpaired) electrons. The van der Waals surface area contributed by atoms with Crippen molar-refractivity contribution in [1.82, 2.24) is 4.98 Å². The van der Waals surface area contributed by atoms with Crippen molar-refractivity contribution in [1.29, 1.82) is 0 Å². The van der Waals surface area contributed by atoms with Gasteiger partial charge in [0.1, 0.15) is 5.69 Å². The number of nitrogens with one attached hydrogen (secondary N) is 1. The molecule has 3 N–H and O–H groups in total. The van der Waals surface area contributed by atoms with Crippen LogP contribution in [0.5, 0.6) is 0 Å². The van der Waals surface area contributed by atoms with Gasteiger partial charge in [-0.3, -0.25) is 4.79 Å². The van der Waals surface area contributed by atoms with E-state index >= 15 is 0 Å². The van der Waals surface area contributed by atoms with Crippen LogP contribution in [0.1, 0.15) is 23.0 Å². The van der Waals surface area contributed by atoms with E-state index in [1.54, 1.807) is 13.2 Å². The minimum absolute atomic E-state index is 0.377. The maximum atomic E-state index is 12.0. The van der Waals surface area contributed by atoms with Gasteiger partial charge in [0.25, 0.3) is 5.91 Å². The Bertz CT molecular complexity index is 907. The average molecular weight is 361 g/mol. The number of amides is 1. The Morgan fingerprint density at radius 1 is 1.29 bits per heavy atom. The molecule has 1 amide bonds. The van der Waals surface area contributed by atoms with Crippen LogP contribution in [0.15, 0.2) is 42.5 Å². The van der Waals surface area contributed by atoms with Crippen molar-refractivity contribution in [3.05, 3.63) is 58.7 Å². The number of carbonyl (C=O) groups excluding carboxylic acids is 1. The van der Waals surface area contributed by atoms with E-state index in [1.165, 1.54) is 5.56 Å². The van der Waals surface area contributed by atoms with Crippen molar-refractivity contribution in [3.63, 3.8) is 0 Å². The van der Waals surface area contributed by atoms with E-state index in [0.29, 0.717) is 10.7 Å². The molecule has 0 aliphatic heterocycles. The van der Waals surface area contributed by atoms with Crippen LogP contribution in [0, 0.1) is 0 Å². The number of nitrogens with two attached hydrogens (primary N) is 1. The molecule has 0 aliphatic rings. The van der Waals surface area contributed by atoms with E-state index in [4.69, 9.17) is 21.9 Å². The maximum absolute atomic E-state index is 12.0. The molecule has 0 fully saturated rings. The first-order valence-corrected chi connectivity index (χ1v) is 9.23. The van der Waals surface area contributed by atoms with Crippen LogP contribution in [0.2, 0.25) is 5.02 Å². The van der Waals surface area contributed by atoms with Crippen LogP contribution >= 0.6 is 19.7 Å². The summed E-state index contributed by atoms with van der Waals surface area (Å²) in [6.07, 6.45) is 0.934. The third kappa shape index (κ3) is 3.05. The highest BCUT2D eigenvalue weighted by Crippen LogP contribution is 2.39. The van der Waals surface area contributed by atoms with Gasteiger partial charge >= 0.3 is 0 Å². The van der Waals surface area contributed by atoms with Gasteiger partial charge < -0.3 is 15.2 Å². The predicted molar refractivity (Wildman–Crippen MR) is 101 cm³/mol. The van der Waals surface area contributed by atoms with E-state index < -0.39 is 14.1 Å². The SMILES string of the molecule is CCc1cccc(P(OC)c2c(C(N)=O)[nH]c3ccc(Cl)cc23)c1. The van der Waals surface area contributed by atoms with E-state index in [1.807, 2.05) is 24.3 Å². The minimum Gasteiger partial charge on any atom is -0.364 e. The first-order chi connectivity index (χ1) is 11.5. The molecule has 3 aromatic rings. The molecule has 0 saturated heterocycles. The molecule has 124 valence electrons. The molecule has 1 atom stereocenters. The molecule has 2 aromatic carbocycles. The Labute approximate surface area is 146 Å². The Balaban J connectivity index is 2.26. The first kappa shape index (κ1) is 17.0. The third-order valence-electron chi connectivity index (χ3n) is 3.92. The number of benzene rings is 2. The molecule has 4 nitrogen and oxygen atoms in total. The summed E-state index contributed by atoms with van der Waals surface area (Å²) in [6, 6.07) is 13.7. The van der Waals surface area contributed by atoms with E-state index in [-0.39, 0.29) is 0 Å². The summed E-state index contributed by atoms with van der Waals surface area (Å²) in [6.45, 7) is 2.11. The number of hydrogen-bond acceptors (Lipinski definition) is 2. The Kier molecular flexibility index (Phi) is 4.91. The molecule has 1 unspecified atom stereocenters. The Morgan fingerprint density at radius 2 is 2.08 bits per heavy atom. The number of aryl methyl sites for hydroxylation is 1. The molecule has 3 rings (SSSR count). The van der Waals surface area contributed by atoms with Gasteiger partial charge in [0.2, 0.25) is 0 Å². The number of fused-ring (bicyclic) bond motifs is 1. The quantitative estimate of drug-likeness (QED) is 0.684. The largest absolute Gasteiger partial charge is 0.364 e. The summed E-state index contributed by atoms with van der Waals surface area (Å²) in [7, 11) is 0.462. The molecule has 1 aromatic heterocycles. The number of primary amides is 1. The van der Waals surface area contributed by atoms with Gasteiger partial charge in [0.15, 0.2) is 0 Å². The van der Waals surface area contributed by atoms with Gasteiger partial charge in [-0.1, -0.05) is 36.7 Å². The standard InChI is InChI=1S/C18H18ClN2O2P/c1-3-11-5-4-6-13(9-11)24(23-2)17-14-10-12(19)7-8-15(14)21-16(17)18(20)22/h4-10,21H,3H2,1-2H3,(H2,20,22). The number of hydrogen-bond donors (Lipinski definition) is 2. The summed E-state index contributed by atoms with van der Waals surface area (Å²) < 4.78 is 5.81. The number of aromatic nitrogens is 1. The van der Waals surface area contributed by atoms with Gasteiger partial charge in [-0.05, 0) is 36.2 Å². The van der Waals surface area contributed by atoms with Gasteiger partial charge in [-0.2, -0.15) is 0 Å². The third-order valence-corrected chi connectivity index (χ3v) is 6.14. The fourth-order valence-corrected chi connectivity index (χ4v) is 4.87. The molecule has 0 aliphatic carbocycles. The molecule has 6 heteroatoms. The number of H-pyrrole nitrogens is 1. The number of halogens is 1. The molecule has 0 saturated carbocycles. The van der Waals surface area contributed by atoms with Crippen molar-refractivity contribution in [2.45, 2.75) is 13.3 Å². The lowest BCUT2D eigenvalue weighted by Gasteiger charge is -2.17. The second-order valence-corrected chi connectivity index (χ2v) is 7.76. The van der Waals surface area contributed by atoms with E-state index in [0.717, 1.165) is 27.9 Å². The van der Waals surface area contributed by atoms with Crippen LogP contribution in [0.4, 0.5) is 0 Å². The number of rotatable bonds is 5. The average Bonchev–Trinajstić information content (AvgIpc) is 2.95. The van der Waals surface area contributed by atoms with Crippen LogP contribution in [-0.4, -0.2) is 18.0 Å². The molecule has 0 bridgehead atoms. The smallest absolute Gasteiger partial charge is 0.265 e. The summed E-state index contributed by atoms with van der Waals surface area (Å²) >= 11 is 6.16. The van der Waals surface area contributed by atoms with Crippen molar-refractivity contribution in [2.24, 2.45) is 5.73 Å². The van der Waals surface area contributed by atoms with Crippen LogP contribution in [0.25, 0.3) is 10.9 Å². The number of carbonyl (C=O) groups is 1. The second kappa shape index (κ2) is 6.94. The lowest BCUT2D eigenvalue weighted by atomic mass is 10.2. The zero-order valence-corrected chi connectivity index (χ0v) is 15.1. The molecule has 1 heterocycles. The highest BCUT2D eigenvalue weighted by Gasteiger charge is 2.25. The van der Waals surface area contributed by atoms with Crippen molar-refractivity contribution in [2.75, 3.05) is 7.11 Å². The van der Waals surface area contributed by atoms with Crippen molar-refractivity contribution >= 4 is 47.2 Å². The topological polar surface area (TPSA) is 68.1 Å². The normalized spacial score (nSPS) is 12.5. The fraction of sp³-hybridized carbons (Fsp3) is 0.167. The maximum Gasteiger partial charge on any atom is 0.265 e. The monoisotopic (exact) mass is 360 g/mol. The number of aromatic amines is 1. The lowest BCUT2D eigenvalue weighted by Crippen LogP contribution is -2.23. The van der Waals surface area contributed by atoms with Gasteiger partial charge in [-0.25, -0.2) is 0 Å². The van der Waals surface area contributed by atoms with Gasteiger partial charge in [0, 0.05) is 33.6 Å². The molecular formula is C18H18ClN2O2P. The molecule has 24 heavy (non-hydrogen) atoms. The Morgan fingerprint density at radius 3 is 2.75 bits per heavy atom. The van der Waals surface area contributed by atoms with Crippen molar-refractivity contribution in [3.8, 4) is 0 Å². The van der Waals surface area contributed by atoms with Crippen molar-refractivity contribution < 1.29 is 9.32 Å². The second-order valence-electron chi connectivity index (χ2n) is 5.40. The first-order valence-electron chi connectivity index (χ1n) is 7.59. The van der Waals surface area contributed by atoms with E-state index in [2.05, 4.69) is 24.0 Å². The summed E-state index contributed by atoms with van der Waals surface area (Å²) in [5.74, 6) is -0.506. The van der Waals surface area contributed by atoms with Crippen LogP contribution < -0.4 is 16.3 Å². The predicted octanol–water partition coefficient (Wildman–Crippen LogP) is 3.48. The van der Waals surface area contributed by atoms with Gasteiger partial charge in [-0.15, -0.1) is 0 Å². The Hall–Kier alpha value is -1.87. The van der Waals surface area contributed by atoms with Gasteiger partial charge in [0.05, 0.1) is 8.15 Å². The van der Waals surface area contributed by atoms with Crippen LogP contribution in [-0.2, 0) is 10.9 Å². The zero-order chi connectivity index (χ0) is 17.3. The highest BCUT2D eigenvalue weighted by molar-refractivity contribution is 7.69. The summed E-state index contributed by atoms with van der Waals surface area (Å²) in [4.78, 5) is 15.1. The fourth-order valence-electron chi connectivity index (χ4n) is 2.77. The lowest BCUT2D eigenvalue weighted by molar-refractivity contribution is 0.0997. The minimum atomic E-state index is -1.19. The molecule has 0 spiro atoms. The van der Waals surface area contributed by atoms with Crippen LogP contribution in [0.3, 0.4) is 0 Å². The highest BCUT2D eigenvalue weighted by atomic mass is 35.5. The zero-order valence-electron chi connectivity index (χ0n) is 13.5. The van der Waals surface area contributed by atoms with E-state index in [9.17, 15) is 4.79 Å².